The van der Waals surface area contributed by atoms with Gasteiger partial charge in [0, 0.05) is 67.1 Å². The van der Waals surface area contributed by atoms with E-state index in [1.54, 1.807) is 6.08 Å². The molecule has 1 aliphatic heterocycles. The molecule has 0 spiro atoms. The molecule has 0 aromatic heterocycles. The Labute approximate surface area is 280 Å². The molecule has 1 saturated heterocycles. The number of allylic oxidation sites excluding steroid dienone is 6. The molecule has 0 radical (unpaired) electrons. The van der Waals surface area contributed by atoms with Gasteiger partial charge in [-0.15, -0.1) is 0 Å². The predicted molar refractivity (Wildman–Crippen MR) is 172 cm³/mol. The first kappa shape index (κ1) is 32.6. The molecular formula is C32H27BrN4O11. The maximum Gasteiger partial charge on any atom is 0.301 e. The quantitative estimate of drug-likeness (QED) is 0.140. The van der Waals surface area contributed by atoms with E-state index in [2.05, 4.69) is 15.9 Å². The molecule has 4 atom stereocenters. The molecule has 3 aliphatic carbocycles. The summed E-state index contributed by atoms with van der Waals surface area (Å²) >= 11 is 3.17. The van der Waals surface area contributed by atoms with E-state index in [-0.39, 0.29) is 57.1 Å². The number of ether oxygens (including phenoxy) is 2. The van der Waals surface area contributed by atoms with Gasteiger partial charge in [-0.05, 0) is 34.7 Å². The molecule has 2 amide bonds. The standard InChI is InChI=1S/C32H27BrN4O11/c1-34(2)29-20(36(43)44)7-13(8-21(29)37(45)46)35-31(41)16-6-5-15-17(25(16)32(35)42)11-18-26(22(39)12-19(33)30(18)40)27(15)28-23(47-3)9-14(38)10-24(28)48-4/h5,7-10,12,16-17,25,27,38H,6,11H2,1-4H3. The van der Waals surface area contributed by atoms with Gasteiger partial charge in [0.1, 0.15) is 17.2 Å². The molecule has 4 aliphatic rings. The summed E-state index contributed by atoms with van der Waals surface area (Å²) in [5, 5.41) is 34.4. The van der Waals surface area contributed by atoms with E-state index >= 15 is 0 Å². The number of aromatic hydroxyl groups is 1. The van der Waals surface area contributed by atoms with Crippen molar-refractivity contribution < 1.29 is 43.6 Å². The van der Waals surface area contributed by atoms with Crippen molar-refractivity contribution in [2.45, 2.75) is 18.8 Å². The van der Waals surface area contributed by atoms with Crippen LogP contribution in [-0.4, -0.2) is 66.6 Å². The van der Waals surface area contributed by atoms with Gasteiger partial charge in [0.05, 0.1) is 46.1 Å². The molecule has 2 aromatic rings. The van der Waals surface area contributed by atoms with Gasteiger partial charge in [-0.1, -0.05) is 11.6 Å². The maximum absolute atomic E-state index is 14.3. The van der Waals surface area contributed by atoms with Gasteiger partial charge in [0.2, 0.25) is 11.8 Å². The molecule has 1 N–H and O–H groups in total. The Hall–Kier alpha value is -5.38. The minimum Gasteiger partial charge on any atom is -0.508 e. The van der Waals surface area contributed by atoms with Gasteiger partial charge in [-0.25, -0.2) is 4.90 Å². The number of hydrogen-bond acceptors (Lipinski definition) is 12. The lowest BCUT2D eigenvalue weighted by molar-refractivity contribution is -0.392. The van der Waals surface area contributed by atoms with Crippen molar-refractivity contribution in [3.63, 3.8) is 0 Å². The van der Waals surface area contributed by atoms with Gasteiger partial charge < -0.3 is 19.5 Å². The first-order valence-electron chi connectivity index (χ1n) is 14.6. The van der Waals surface area contributed by atoms with Gasteiger partial charge in [0.25, 0.3) is 0 Å². The third-order valence-corrected chi connectivity index (χ3v) is 9.89. The van der Waals surface area contributed by atoms with Crippen LogP contribution in [0.1, 0.15) is 24.3 Å². The number of Topliss-reactive ketones (excluding diaryl/α,β-unsaturated/α-hetero) is 1. The molecule has 1 heterocycles. The van der Waals surface area contributed by atoms with Crippen LogP contribution in [0, 0.1) is 38.0 Å². The molecule has 15 nitrogen and oxygen atoms in total. The van der Waals surface area contributed by atoms with Crippen LogP contribution >= 0.6 is 15.9 Å². The van der Waals surface area contributed by atoms with Crippen LogP contribution in [-0.2, 0) is 19.2 Å². The average molecular weight is 723 g/mol. The van der Waals surface area contributed by atoms with Gasteiger partial charge in [0.15, 0.2) is 17.3 Å². The number of nitro benzene ring substituents is 2. The monoisotopic (exact) mass is 722 g/mol. The molecule has 16 heteroatoms. The van der Waals surface area contributed by atoms with Crippen LogP contribution in [0.2, 0.25) is 0 Å². The number of amides is 2. The number of anilines is 2. The number of imide groups is 1. The molecule has 2 aromatic carbocycles. The lowest BCUT2D eigenvalue weighted by Gasteiger charge is -2.42. The highest BCUT2D eigenvalue weighted by molar-refractivity contribution is 9.12. The summed E-state index contributed by atoms with van der Waals surface area (Å²) < 4.78 is 11.2. The van der Waals surface area contributed by atoms with E-state index in [0.29, 0.717) is 11.1 Å². The number of fused-ring (bicyclic) bond motifs is 3. The number of hydrogen-bond donors (Lipinski definition) is 1. The number of benzene rings is 2. The number of carbonyl (C=O) groups excluding carboxylic acids is 4. The number of nitrogens with zero attached hydrogens (tertiary/aromatic N) is 4. The van der Waals surface area contributed by atoms with Gasteiger partial charge in [-0.2, -0.15) is 0 Å². The number of carbonyl (C=O) groups is 4. The summed E-state index contributed by atoms with van der Waals surface area (Å²) in [6.45, 7) is 0. The molecular weight excluding hydrogens is 696 g/mol. The maximum atomic E-state index is 14.3. The summed E-state index contributed by atoms with van der Waals surface area (Å²) in [6, 6.07) is 4.59. The fraction of sp³-hybridized carbons (Fsp3) is 0.312. The Kier molecular flexibility index (Phi) is 7.93. The van der Waals surface area contributed by atoms with Crippen molar-refractivity contribution >= 4 is 62.1 Å². The summed E-state index contributed by atoms with van der Waals surface area (Å²) in [7, 11) is 5.52. The molecule has 248 valence electrons. The van der Waals surface area contributed by atoms with Crippen molar-refractivity contribution in [2.75, 3.05) is 38.1 Å². The van der Waals surface area contributed by atoms with E-state index in [1.165, 1.54) is 51.4 Å². The Morgan fingerprint density at radius 2 is 1.52 bits per heavy atom. The van der Waals surface area contributed by atoms with Crippen LogP contribution in [0.5, 0.6) is 17.2 Å². The number of halogens is 1. The minimum atomic E-state index is -1.08. The summed E-state index contributed by atoms with van der Waals surface area (Å²) in [5.74, 6) is -6.10. The van der Waals surface area contributed by atoms with E-state index in [9.17, 15) is 44.5 Å². The van der Waals surface area contributed by atoms with Crippen molar-refractivity contribution in [2.24, 2.45) is 17.8 Å². The van der Waals surface area contributed by atoms with Gasteiger partial charge >= 0.3 is 11.4 Å². The number of ketones is 2. The average Bonchev–Trinajstić information content (AvgIpc) is 3.30. The molecule has 48 heavy (non-hydrogen) atoms. The predicted octanol–water partition coefficient (Wildman–Crippen LogP) is 4.26. The second-order valence-electron chi connectivity index (χ2n) is 11.9. The minimum absolute atomic E-state index is 0.0190. The number of rotatable bonds is 7. The van der Waals surface area contributed by atoms with Crippen LogP contribution in [0.3, 0.4) is 0 Å². The van der Waals surface area contributed by atoms with Crippen molar-refractivity contribution in [3.8, 4) is 17.2 Å². The highest BCUT2D eigenvalue weighted by atomic mass is 79.9. The molecule has 0 bridgehead atoms. The first-order chi connectivity index (χ1) is 22.7. The Balaban J connectivity index is 1.53. The summed E-state index contributed by atoms with van der Waals surface area (Å²) in [5.41, 5.74) is -0.821. The largest absolute Gasteiger partial charge is 0.508 e. The molecule has 1 fully saturated rings. The molecule has 0 saturated carbocycles. The second kappa shape index (κ2) is 11.7. The summed E-state index contributed by atoms with van der Waals surface area (Å²) in [6.07, 6.45) is 2.86. The summed E-state index contributed by atoms with van der Waals surface area (Å²) in [4.78, 5) is 79.9. The third-order valence-electron chi connectivity index (χ3n) is 9.30. The van der Waals surface area contributed by atoms with Crippen molar-refractivity contribution in [1.82, 2.24) is 0 Å². The zero-order chi connectivity index (χ0) is 34.9. The van der Waals surface area contributed by atoms with Crippen molar-refractivity contribution in [1.29, 1.82) is 0 Å². The number of nitro groups is 2. The van der Waals surface area contributed by atoms with E-state index in [0.717, 1.165) is 17.0 Å². The van der Waals surface area contributed by atoms with Crippen LogP contribution in [0.15, 0.2) is 57.6 Å². The van der Waals surface area contributed by atoms with E-state index in [4.69, 9.17) is 9.47 Å². The van der Waals surface area contributed by atoms with Crippen LogP contribution in [0.4, 0.5) is 22.7 Å². The normalized spacial score (nSPS) is 23.2. The zero-order valence-electron chi connectivity index (χ0n) is 25.9. The molecule has 4 unspecified atom stereocenters. The Bertz CT molecular complexity index is 1920. The highest BCUT2D eigenvalue weighted by Gasteiger charge is 2.57. The van der Waals surface area contributed by atoms with E-state index in [1.807, 2.05) is 0 Å². The first-order valence-corrected chi connectivity index (χ1v) is 15.4. The topological polar surface area (TPSA) is 200 Å². The number of methoxy groups -OCH3 is 2. The number of phenols is 1. The van der Waals surface area contributed by atoms with Crippen LogP contribution in [0.25, 0.3) is 0 Å². The fourth-order valence-electron chi connectivity index (χ4n) is 7.46. The fourth-order valence-corrected chi connectivity index (χ4v) is 7.90. The molecule has 6 rings (SSSR count). The number of phenolic OH excluding ortho intramolecular Hbond substituents is 1. The lowest BCUT2D eigenvalue weighted by Crippen LogP contribution is -2.39. The van der Waals surface area contributed by atoms with Crippen LogP contribution < -0.4 is 19.3 Å². The smallest absolute Gasteiger partial charge is 0.301 e. The van der Waals surface area contributed by atoms with E-state index < -0.39 is 68.3 Å². The SMILES string of the molecule is COc1cc(O)cc(OC)c1C1C2=CCC3C(=O)N(c4cc([N+](=O)[O-])c(N(C)C)c([N+](=O)[O-])c4)C(=O)C3C2CC2=C1C(=O)C=C(Br)C2=O. The Morgan fingerprint density at radius 3 is 2.04 bits per heavy atom. The van der Waals surface area contributed by atoms with Gasteiger partial charge in [-0.3, -0.25) is 39.4 Å². The zero-order valence-corrected chi connectivity index (χ0v) is 27.5. The lowest BCUT2D eigenvalue weighted by atomic mass is 9.59. The highest BCUT2D eigenvalue weighted by Crippen LogP contribution is 2.58. The Morgan fingerprint density at radius 1 is 0.938 bits per heavy atom. The second-order valence-corrected chi connectivity index (χ2v) is 12.8. The third kappa shape index (κ3) is 4.77. The van der Waals surface area contributed by atoms with Crippen molar-refractivity contribution in [3.05, 3.63) is 83.4 Å².